The molecular formula is C28H20Cl2N6O4. The average molecular weight is 575 g/mol. The number of aromatic hydroxyl groups is 1. The predicted molar refractivity (Wildman–Crippen MR) is 155 cm³/mol. The molecule has 0 saturated carbocycles. The van der Waals surface area contributed by atoms with Crippen LogP contribution < -0.4 is 21.5 Å². The van der Waals surface area contributed by atoms with Crippen molar-refractivity contribution in [3.63, 3.8) is 0 Å². The number of nitrogens with zero attached hydrogens (tertiary/aromatic N) is 3. The number of amidine groups is 1. The van der Waals surface area contributed by atoms with Crippen molar-refractivity contribution >= 4 is 74.6 Å². The number of nitrogens with one attached hydrogen (secondary N) is 2. The standard InChI is InChI=1S/C28H20Cl2N6O4/c29-20-11-10-17(14-21(20)30)32-27(39)24(23-25(31)35-36(28(23)40)18-8-2-1-3-9-18)33-34-26(38)19-12-15-6-4-5-7-16(15)13-22(19)37/h1-14,23,37H,(H2,31,35)(H,32,39)(H,34,38). The number of hydrogen-bond acceptors (Lipinski definition) is 7. The lowest BCUT2D eigenvalue weighted by atomic mass is 10.0. The summed E-state index contributed by atoms with van der Waals surface area (Å²) in [5.74, 6) is -4.25. The van der Waals surface area contributed by atoms with Crippen molar-refractivity contribution in [2.75, 3.05) is 10.3 Å². The number of hydrogen-bond donors (Lipinski definition) is 4. The van der Waals surface area contributed by atoms with Crippen molar-refractivity contribution in [1.29, 1.82) is 0 Å². The summed E-state index contributed by atoms with van der Waals surface area (Å²) < 4.78 is 0. The molecule has 5 rings (SSSR count). The average Bonchev–Trinajstić information content (AvgIpc) is 3.24. The fourth-order valence-corrected chi connectivity index (χ4v) is 4.38. The van der Waals surface area contributed by atoms with E-state index >= 15 is 0 Å². The van der Waals surface area contributed by atoms with Gasteiger partial charge in [0, 0.05) is 5.69 Å². The van der Waals surface area contributed by atoms with Crippen LogP contribution >= 0.6 is 23.2 Å². The lowest BCUT2D eigenvalue weighted by Crippen LogP contribution is -2.43. The van der Waals surface area contributed by atoms with Crippen LogP contribution in [0.5, 0.6) is 5.75 Å². The van der Waals surface area contributed by atoms with E-state index in [0.29, 0.717) is 11.1 Å². The van der Waals surface area contributed by atoms with E-state index in [1.165, 1.54) is 30.3 Å². The van der Waals surface area contributed by atoms with Crippen LogP contribution in [0, 0.1) is 5.92 Å². The largest absolute Gasteiger partial charge is 0.507 e. The number of rotatable bonds is 6. The highest BCUT2D eigenvalue weighted by Crippen LogP contribution is 2.27. The zero-order valence-electron chi connectivity index (χ0n) is 20.5. The smallest absolute Gasteiger partial charge is 0.275 e. The Balaban J connectivity index is 1.49. The zero-order chi connectivity index (χ0) is 28.4. The second-order valence-corrected chi connectivity index (χ2v) is 9.50. The van der Waals surface area contributed by atoms with Crippen molar-refractivity contribution in [2.45, 2.75) is 0 Å². The second kappa shape index (κ2) is 11.0. The number of benzene rings is 4. The number of carbonyl (C=O) groups is 3. The molecule has 0 saturated heterocycles. The lowest BCUT2D eigenvalue weighted by Gasteiger charge is -2.16. The minimum atomic E-state index is -1.42. The Morgan fingerprint density at radius 1 is 0.925 bits per heavy atom. The van der Waals surface area contributed by atoms with E-state index in [1.54, 1.807) is 54.6 Å². The summed E-state index contributed by atoms with van der Waals surface area (Å²) in [5.41, 5.74) is 8.53. The van der Waals surface area contributed by atoms with Gasteiger partial charge in [-0.25, -0.2) is 5.43 Å². The van der Waals surface area contributed by atoms with Crippen LogP contribution in [0.4, 0.5) is 11.4 Å². The van der Waals surface area contributed by atoms with Crippen molar-refractivity contribution in [3.8, 4) is 5.75 Å². The van der Waals surface area contributed by atoms with Crippen LogP contribution in [-0.4, -0.2) is 34.4 Å². The Hall–Kier alpha value is -4.93. The quantitative estimate of drug-likeness (QED) is 0.197. The van der Waals surface area contributed by atoms with Gasteiger partial charge in [-0.15, -0.1) is 0 Å². The molecule has 0 bridgehead atoms. The number of para-hydroxylation sites is 1. The van der Waals surface area contributed by atoms with Gasteiger partial charge >= 0.3 is 0 Å². The van der Waals surface area contributed by atoms with E-state index in [4.69, 9.17) is 28.9 Å². The van der Waals surface area contributed by atoms with Crippen molar-refractivity contribution in [3.05, 3.63) is 101 Å². The number of halogens is 2. The van der Waals surface area contributed by atoms with Crippen LogP contribution in [0.15, 0.2) is 95.1 Å². The SMILES string of the molecule is NC1=NN(c2ccccc2)C(=O)C1C(=NNC(=O)c1cc2ccccc2cc1O)C(=O)Nc1ccc(Cl)c(Cl)c1. The zero-order valence-corrected chi connectivity index (χ0v) is 22.0. The third-order valence-electron chi connectivity index (χ3n) is 6.04. The highest BCUT2D eigenvalue weighted by molar-refractivity contribution is 6.52. The number of phenolic OH excluding ortho intramolecular Hbond substituents is 1. The molecule has 200 valence electrons. The summed E-state index contributed by atoms with van der Waals surface area (Å²) in [6, 6.07) is 22.9. The van der Waals surface area contributed by atoms with Crippen molar-refractivity contribution in [2.24, 2.45) is 21.9 Å². The summed E-state index contributed by atoms with van der Waals surface area (Å²) in [6.07, 6.45) is 0. The van der Waals surface area contributed by atoms with E-state index in [0.717, 1.165) is 10.4 Å². The second-order valence-electron chi connectivity index (χ2n) is 8.68. The Labute approximate surface area is 237 Å². The molecule has 5 N–H and O–H groups in total. The van der Waals surface area contributed by atoms with Gasteiger partial charge in [0.2, 0.25) is 0 Å². The van der Waals surface area contributed by atoms with Gasteiger partial charge in [-0.2, -0.15) is 15.2 Å². The van der Waals surface area contributed by atoms with Crippen molar-refractivity contribution < 1.29 is 19.5 Å². The number of hydrazone groups is 2. The van der Waals surface area contributed by atoms with Crippen molar-refractivity contribution in [1.82, 2.24) is 5.43 Å². The maximum atomic E-state index is 13.4. The van der Waals surface area contributed by atoms with Gasteiger partial charge in [0.25, 0.3) is 17.7 Å². The topological polar surface area (TPSA) is 149 Å². The fraction of sp³-hybridized carbons (Fsp3) is 0.0357. The Morgan fingerprint density at radius 2 is 1.60 bits per heavy atom. The van der Waals surface area contributed by atoms with E-state index in [9.17, 15) is 19.5 Å². The Bertz CT molecular complexity index is 1720. The third-order valence-corrected chi connectivity index (χ3v) is 6.78. The molecule has 1 unspecified atom stereocenters. The predicted octanol–water partition coefficient (Wildman–Crippen LogP) is 4.51. The first-order valence-corrected chi connectivity index (χ1v) is 12.6. The summed E-state index contributed by atoms with van der Waals surface area (Å²) in [6.45, 7) is 0. The highest BCUT2D eigenvalue weighted by Gasteiger charge is 2.42. The van der Waals surface area contributed by atoms with Gasteiger partial charge in [-0.3, -0.25) is 14.4 Å². The van der Waals surface area contributed by atoms with Crippen LogP contribution in [0.1, 0.15) is 10.4 Å². The van der Waals surface area contributed by atoms with Gasteiger partial charge < -0.3 is 16.2 Å². The van der Waals surface area contributed by atoms with E-state index in [-0.39, 0.29) is 32.9 Å². The summed E-state index contributed by atoms with van der Waals surface area (Å²) in [4.78, 5) is 39.9. The highest BCUT2D eigenvalue weighted by atomic mass is 35.5. The Morgan fingerprint density at radius 3 is 2.30 bits per heavy atom. The molecular weight excluding hydrogens is 555 g/mol. The van der Waals surface area contributed by atoms with E-state index in [2.05, 4.69) is 20.9 Å². The molecule has 4 aromatic rings. The number of anilines is 2. The van der Waals surface area contributed by atoms with Gasteiger partial charge in [-0.05, 0) is 53.2 Å². The summed E-state index contributed by atoms with van der Waals surface area (Å²) >= 11 is 12.0. The molecule has 0 fully saturated rings. The van der Waals surface area contributed by atoms with Crippen LogP contribution in [-0.2, 0) is 9.59 Å². The van der Waals surface area contributed by atoms with Gasteiger partial charge in [-0.1, -0.05) is 65.7 Å². The first kappa shape index (κ1) is 26.7. The lowest BCUT2D eigenvalue weighted by molar-refractivity contribution is -0.119. The van der Waals surface area contributed by atoms with Gasteiger partial charge in [0.05, 0.1) is 21.3 Å². The molecule has 0 aliphatic carbocycles. The summed E-state index contributed by atoms with van der Waals surface area (Å²) in [7, 11) is 0. The molecule has 1 atom stereocenters. The van der Waals surface area contributed by atoms with E-state index in [1.807, 2.05) is 0 Å². The van der Waals surface area contributed by atoms with Crippen LogP contribution in [0.2, 0.25) is 10.0 Å². The normalized spacial score (nSPS) is 15.2. The fourth-order valence-electron chi connectivity index (χ4n) is 4.08. The molecule has 3 amide bonds. The third kappa shape index (κ3) is 5.31. The number of amides is 3. The first-order valence-electron chi connectivity index (χ1n) is 11.8. The number of fused-ring (bicyclic) bond motifs is 1. The molecule has 40 heavy (non-hydrogen) atoms. The van der Waals surface area contributed by atoms with Gasteiger partial charge in [0.15, 0.2) is 0 Å². The Kier molecular flexibility index (Phi) is 7.37. The summed E-state index contributed by atoms with van der Waals surface area (Å²) in [5, 5.41) is 24.1. The monoisotopic (exact) mass is 574 g/mol. The maximum absolute atomic E-state index is 13.4. The molecule has 1 heterocycles. The minimum absolute atomic E-state index is 0.0861. The molecule has 0 spiro atoms. The molecule has 4 aromatic carbocycles. The number of nitrogens with two attached hydrogens (primary N) is 1. The maximum Gasteiger partial charge on any atom is 0.275 e. The minimum Gasteiger partial charge on any atom is -0.507 e. The van der Waals surface area contributed by atoms with Crippen LogP contribution in [0.25, 0.3) is 10.8 Å². The molecule has 1 aliphatic heterocycles. The molecule has 12 heteroatoms. The molecule has 1 aliphatic rings. The molecule has 0 radical (unpaired) electrons. The molecule has 0 aromatic heterocycles. The van der Waals surface area contributed by atoms with Crippen LogP contribution in [0.3, 0.4) is 0 Å². The van der Waals surface area contributed by atoms with Gasteiger partial charge in [0.1, 0.15) is 23.2 Å². The first-order chi connectivity index (χ1) is 19.2. The number of carbonyl (C=O) groups excluding carboxylic acids is 3. The number of phenols is 1. The molecule has 10 nitrogen and oxygen atoms in total. The van der Waals surface area contributed by atoms with E-state index < -0.39 is 29.4 Å².